The van der Waals surface area contributed by atoms with Crippen molar-refractivity contribution in [1.29, 1.82) is 0 Å². The van der Waals surface area contributed by atoms with E-state index in [1.807, 2.05) is 0 Å². The molecule has 3 rings (SSSR count). The summed E-state index contributed by atoms with van der Waals surface area (Å²) >= 11 is 5.92. The van der Waals surface area contributed by atoms with Gasteiger partial charge in [0.2, 0.25) is 0 Å². The van der Waals surface area contributed by atoms with Crippen molar-refractivity contribution in [2.24, 2.45) is 0 Å². The highest BCUT2D eigenvalue weighted by molar-refractivity contribution is 7.72. The van der Waals surface area contributed by atoms with Crippen molar-refractivity contribution in [3.8, 4) is 0 Å². The largest absolute Gasteiger partial charge is 0.369 e. The molecule has 1 unspecified atom stereocenters. The number of para-hydroxylation sites is 1. The summed E-state index contributed by atoms with van der Waals surface area (Å²) in [5, 5.41) is 8.85. The molecule has 0 aliphatic carbocycles. The topological polar surface area (TPSA) is 151 Å². The van der Waals surface area contributed by atoms with Crippen molar-refractivity contribution in [2.45, 2.75) is 17.0 Å². The fraction of sp³-hybridized carbons (Fsp3) is 0.176. The molecule has 0 aromatic heterocycles. The highest BCUT2D eigenvalue weighted by atomic mass is 35.5. The lowest BCUT2D eigenvalue weighted by Gasteiger charge is -2.39. The molecule has 1 aliphatic rings. The van der Waals surface area contributed by atoms with Crippen LogP contribution in [0, 0.1) is 0 Å². The summed E-state index contributed by atoms with van der Waals surface area (Å²) < 4.78 is 23.9. The zero-order valence-electron chi connectivity index (χ0n) is 14.8. The van der Waals surface area contributed by atoms with Gasteiger partial charge in [-0.15, -0.1) is 0 Å². The van der Waals surface area contributed by atoms with Crippen LogP contribution >= 0.6 is 26.8 Å². The molecule has 2 aromatic carbocycles. The first-order chi connectivity index (χ1) is 13.4. The summed E-state index contributed by atoms with van der Waals surface area (Å²) in [6.45, 7) is 0. The standard InChI is InChI=1S/C17H19ClN2O7P2/c18-14-8-6-13(7-9-14)16(12-17(21,28(22,23)24)29(25,26)27)10-11-20(19-16)15-4-2-1-3-5-15/h1-11,19,21H,12H2,(H2,22,23,24)(H2,25,26,27). The molecule has 0 fully saturated rings. The zero-order valence-corrected chi connectivity index (χ0v) is 17.4. The summed E-state index contributed by atoms with van der Waals surface area (Å²) in [5.41, 5.74) is 2.49. The van der Waals surface area contributed by atoms with E-state index in [1.165, 1.54) is 35.4 Å². The molecule has 1 aliphatic heterocycles. The number of hydrogen-bond donors (Lipinski definition) is 6. The van der Waals surface area contributed by atoms with Crippen LogP contribution in [0.3, 0.4) is 0 Å². The first kappa shape index (κ1) is 22.2. The number of nitrogens with one attached hydrogen (secondary N) is 1. The highest BCUT2D eigenvalue weighted by Crippen LogP contribution is 2.70. The first-order valence-electron chi connectivity index (χ1n) is 8.29. The molecule has 0 saturated heterocycles. The molecule has 0 radical (unpaired) electrons. The third-order valence-corrected chi connectivity index (χ3v) is 8.67. The monoisotopic (exact) mass is 460 g/mol. The van der Waals surface area contributed by atoms with Gasteiger partial charge in [-0.05, 0) is 35.9 Å². The number of rotatable bonds is 6. The predicted octanol–water partition coefficient (Wildman–Crippen LogP) is 2.47. The maximum atomic E-state index is 11.9. The van der Waals surface area contributed by atoms with Gasteiger partial charge in [-0.3, -0.25) is 14.1 Å². The molecule has 1 atom stereocenters. The van der Waals surface area contributed by atoms with Crippen LogP contribution in [0.4, 0.5) is 5.69 Å². The summed E-state index contributed by atoms with van der Waals surface area (Å²) in [7, 11) is -11.3. The summed E-state index contributed by atoms with van der Waals surface area (Å²) in [6, 6.07) is 15.0. The molecule has 0 bridgehead atoms. The second kappa shape index (κ2) is 7.63. The van der Waals surface area contributed by atoms with Gasteiger partial charge in [-0.1, -0.05) is 41.9 Å². The molecule has 9 nitrogen and oxygen atoms in total. The molecule has 29 heavy (non-hydrogen) atoms. The van der Waals surface area contributed by atoms with E-state index in [4.69, 9.17) is 11.6 Å². The van der Waals surface area contributed by atoms with E-state index in [2.05, 4.69) is 5.43 Å². The Morgan fingerprint density at radius 1 is 0.966 bits per heavy atom. The van der Waals surface area contributed by atoms with Crippen molar-refractivity contribution in [2.75, 3.05) is 5.01 Å². The molecule has 6 N–H and O–H groups in total. The van der Waals surface area contributed by atoms with Crippen molar-refractivity contribution in [3.05, 3.63) is 77.5 Å². The zero-order chi connectivity index (χ0) is 21.5. The van der Waals surface area contributed by atoms with Gasteiger partial charge in [0.25, 0.3) is 5.08 Å². The molecule has 2 aromatic rings. The van der Waals surface area contributed by atoms with Gasteiger partial charge < -0.3 is 24.7 Å². The minimum absolute atomic E-state index is 0.386. The predicted molar refractivity (Wildman–Crippen MR) is 108 cm³/mol. The lowest BCUT2D eigenvalue weighted by molar-refractivity contribution is 0.101. The molecule has 0 amide bonds. The Kier molecular flexibility index (Phi) is 5.84. The first-order valence-corrected chi connectivity index (χ1v) is 11.9. The maximum absolute atomic E-state index is 11.9. The molecule has 1 heterocycles. The van der Waals surface area contributed by atoms with Gasteiger partial charge >= 0.3 is 15.2 Å². The summed E-state index contributed by atoms with van der Waals surface area (Å²) in [6.07, 6.45) is 2.01. The maximum Gasteiger partial charge on any atom is 0.369 e. The number of halogens is 1. The Morgan fingerprint density at radius 2 is 1.52 bits per heavy atom. The van der Waals surface area contributed by atoms with Gasteiger partial charge in [-0.2, -0.15) is 0 Å². The van der Waals surface area contributed by atoms with E-state index in [0.717, 1.165) is 0 Å². The number of benzene rings is 2. The third-order valence-electron chi connectivity index (χ3n) is 4.67. The van der Waals surface area contributed by atoms with Gasteiger partial charge in [0.05, 0.1) is 11.2 Å². The second-order valence-corrected chi connectivity index (χ2v) is 11.1. The highest BCUT2D eigenvalue weighted by Gasteiger charge is 2.63. The Hall–Kier alpha value is -1.51. The number of nitrogens with zero attached hydrogens (tertiary/aromatic N) is 1. The molecular formula is C17H19ClN2O7P2. The number of hydrogen-bond acceptors (Lipinski definition) is 5. The normalized spacial score (nSPS) is 20.3. The molecule has 0 spiro atoms. The summed E-state index contributed by atoms with van der Waals surface area (Å²) in [4.78, 5) is 38.4. The Bertz CT molecular complexity index is 984. The van der Waals surface area contributed by atoms with Crippen molar-refractivity contribution >= 4 is 32.5 Å². The van der Waals surface area contributed by atoms with E-state index in [1.54, 1.807) is 36.5 Å². The van der Waals surface area contributed by atoms with Crippen molar-refractivity contribution in [3.63, 3.8) is 0 Å². The Labute approximate surface area is 171 Å². The lowest BCUT2D eigenvalue weighted by atomic mass is 9.88. The average Bonchev–Trinajstić information content (AvgIpc) is 3.06. The number of aliphatic hydroxyl groups is 1. The van der Waals surface area contributed by atoms with Gasteiger partial charge in [-0.25, -0.2) is 5.43 Å². The average molecular weight is 461 g/mol. The molecule has 0 saturated carbocycles. The van der Waals surface area contributed by atoms with E-state index >= 15 is 0 Å². The molecule has 156 valence electrons. The second-order valence-electron chi connectivity index (χ2n) is 6.65. The fourth-order valence-electron chi connectivity index (χ4n) is 3.09. The van der Waals surface area contributed by atoms with E-state index in [0.29, 0.717) is 16.3 Å². The van der Waals surface area contributed by atoms with E-state index in [9.17, 15) is 33.8 Å². The van der Waals surface area contributed by atoms with Crippen LogP contribution in [0.5, 0.6) is 0 Å². The van der Waals surface area contributed by atoms with E-state index < -0.39 is 32.2 Å². The third kappa shape index (κ3) is 4.20. The van der Waals surface area contributed by atoms with Crippen LogP contribution in [0.25, 0.3) is 0 Å². The SMILES string of the molecule is O=P(O)(O)C(O)(CC1(c2ccc(Cl)cc2)C=CN(c2ccccc2)N1)P(=O)(O)O. The van der Waals surface area contributed by atoms with E-state index in [-0.39, 0.29) is 0 Å². The van der Waals surface area contributed by atoms with Gasteiger partial charge in [0.15, 0.2) is 0 Å². The number of hydrazine groups is 1. The Morgan fingerprint density at radius 3 is 2.03 bits per heavy atom. The van der Waals surface area contributed by atoms with Crippen LogP contribution in [0.15, 0.2) is 66.9 Å². The summed E-state index contributed by atoms with van der Waals surface area (Å²) in [5.74, 6) is 0. The van der Waals surface area contributed by atoms with Crippen LogP contribution in [-0.4, -0.2) is 29.8 Å². The molecular weight excluding hydrogens is 442 g/mol. The smallest absolute Gasteiger partial charge is 0.367 e. The Balaban J connectivity index is 2.10. The minimum atomic E-state index is -5.65. The van der Waals surface area contributed by atoms with Crippen LogP contribution in [0.1, 0.15) is 12.0 Å². The molecule has 12 heteroatoms. The van der Waals surface area contributed by atoms with Crippen molar-refractivity contribution < 1.29 is 33.8 Å². The number of anilines is 1. The van der Waals surface area contributed by atoms with Crippen LogP contribution in [-0.2, 0) is 14.7 Å². The van der Waals surface area contributed by atoms with Gasteiger partial charge in [0.1, 0.15) is 0 Å². The van der Waals surface area contributed by atoms with Crippen LogP contribution < -0.4 is 10.4 Å². The van der Waals surface area contributed by atoms with Crippen LogP contribution in [0.2, 0.25) is 5.02 Å². The van der Waals surface area contributed by atoms with Gasteiger partial charge in [0, 0.05) is 17.6 Å². The van der Waals surface area contributed by atoms with Crippen molar-refractivity contribution in [1.82, 2.24) is 5.43 Å². The minimum Gasteiger partial charge on any atom is -0.367 e. The quantitative estimate of drug-likeness (QED) is 0.357. The fourth-order valence-corrected chi connectivity index (χ4v) is 5.48. The lowest BCUT2D eigenvalue weighted by Crippen LogP contribution is -2.49.